The molecule has 0 aliphatic rings. The summed E-state index contributed by atoms with van der Waals surface area (Å²) in [5.41, 5.74) is 2.75. The second-order valence-electron chi connectivity index (χ2n) is 7.15. The summed E-state index contributed by atoms with van der Waals surface area (Å²) in [5, 5.41) is 12.2. The topological polar surface area (TPSA) is 69.9 Å². The fourth-order valence-electron chi connectivity index (χ4n) is 3.28. The number of nitrogens with one attached hydrogen (secondary N) is 1. The first-order chi connectivity index (χ1) is 15.1. The average molecular weight is 440 g/mol. The Labute approximate surface area is 188 Å². The van der Waals surface area contributed by atoms with Gasteiger partial charge in [-0.2, -0.15) is 10.2 Å². The van der Waals surface area contributed by atoms with E-state index in [1.54, 1.807) is 7.11 Å². The first-order valence-corrected chi connectivity index (χ1v) is 10.9. The van der Waals surface area contributed by atoms with E-state index in [0.29, 0.717) is 36.7 Å². The van der Waals surface area contributed by atoms with Crippen molar-refractivity contribution in [3.63, 3.8) is 0 Å². The fraction of sp³-hybridized carbons (Fsp3) is 0.435. The molecule has 164 valence electrons. The predicted octanol–water partition coefficient (Wildman–Crippen LogP) is 4.76. The van der Waals surface area contributed by atoms with Crippen LogP contribution in [0, 0.1) is 23.5 Å². The molecular weight excluding hydrogens is 410 g/mol. The predicted molar refractivity (Wildman–Crippen MR) is 124 cm³/mol. The Morgan fingerprint density at radius 2 is 2.00 bits per heavy atom. The number of rotatable bonds is 10. The van der Waals surface area contributed by atoms with Crippen molar-refractivity contribution in [2.45, 2.75) is 53.1 Å². The zero-order valence-corrected chi connectivity index (χ0v) is 19.4. The Hall–Kier alpha value is -3.05. The number of benzene rings is 1. The second kappa shape index (κ2) is 10.8. The van der Waals surface area contributed by atoms with Gasteiger partial charge in [-0.25, -0.2) is 0 Å². The zero-order valence-electron chi connectivity index (χ0n) is 18.6. The maximum absolute atomic E-state index is 6.16. The first kappa shape index (κ1) is 22.6. The first-order valence-electron chi connectivity index (χ1n) is 10.5. The highest BCUT2D eigenvalue weighted by Gasteiger charge is 2.23. The SMILES string of the molecule is CC#CCCn1nc(C)c(OCCCC)c1-c1n[nH]c(=S)n1Cc1ccc(OC)cc1. The van der Waals surface area contributed by atoms with Crippen LogP contribution in [0.4, 0.5) is 0 Å². The van der Waals surface area contributed by atoms with E-state index in [1.807, 2.05) is 47.4 Å². The minimum Gasteiger partial charge on any atom is -0.497 e. The van der Waals surface area contributed by atoms with Crippen LogP contribution in [0.3, 0.4) is 0 Å². The van der Waals surface area contributed by atoms with Crippen LogP contribution in [-0.4, -0.2) is 38.3 Å². The van der Waals surface area contributed by atoms with Crippen LogP contribution in [0.1, 0.15) is 44.4 Å². The Balaban J connectivity index is 2.03. The highest BCUT2D eigenvalue weighted by Crippen LogP contribution is 2.33. The van der Waals surface area contributed by atoms with Crippen molar-refractivity contribution in [1.29, 1.82) is 0 Å². The van der Waals surface area contributed by atoms with Crippen LogP contribution < -0.4 is 9.47 Å². The molecule has 0 aliphatic carbocycles. The van der Waals surface area contributed by atoms with Crippen molar-refractivity contribution < 1.29 is 9.47 Å². The van der Waals surface area contributed by atoms with E-state index in [4.69, 9.17) is 26.8 Å². The number of aromatic amines is 1. The van der Waals surface area contributed by atoms with Crippen LogP contribution in [0.5, 0.6) is 11.5 Å². The molecule has 0 atom stereocenters. The van der Waals surface area contributed by atoms with Crippen LogP contribution in [-0.2, 0) is 13.1 Å². The van der Waals surface area contributed by atoms with Gasteiger partial charge in [0, 0.05) is 6.42 Å². The quantitative estimate of drug-likeness (QED) is 0.280. The monoisotopic (exact) mass is 439 g/mol. The molecule has 1 aromatic carbocycles. The molecule has 31 heavy (non-hydrogen) atoms. The third kappa shape index (κ3) is 5.36. The Morgan fingerprint density at radius 1 is 1.23 bits per heavy atom. The van der Waals surface area contributed by atoms with E-state index in [-0.39, 0.29) is 0 Å². The summed E-state index contributed by atoms with van der Waals surface area (Å²) in [7, 11) is 1.66. The third-order valence-electron chi connectivity index (χ3n) is 4.91. The molecule has 7 nitrogen and oxygen atoms in total. The molecule has 0 amide bonds. The van der Waals surface area contributed by atoms with Gasteiger partial charge in [-0.1, -0.05) is 25.5 Å². The van der Waals surface area contributed by atoms with Crippen molar-refractivity contribution in [2.24, 2.45) is 0 Å². The minimum atomic E-state index is 0.545. The van der Waals surface area contributed by atoms with Gasteiger partial charge < -0.3 is 9.47 Å². The number of nitrogens with zero attached hydrogens (tertiary/aromatic N) is 4. The zero-order chi connectivity index (χ0) is 22.2. The number of H-pyrrole nitrogens is 1. The summed E-state index contributed by atoms with van der Waals surface area (Å²) in [6, 6.07) is 7.93. The lowest BCUT2D eigenvalue weighted by Crippen LogP contribution is -2.09. The summed E-state index contributed by atoms with van der Waals surface area (Å²) in [4.78, 5) is 0. The van der Waals surface area contributed by atoms with E-state index in [1.165, 1.54) is 0 Å². The van der Waals surface area contributed by atoms with Crippen molar-refractivity contribution in [1.82, 2.24) is 24.5 Å². The summed E-state index contributed by atoms with van der Waals surface area (Å²) >= 11 is 5.55. The van der Waals surface area contributed by atoms with Crippen molar-refractivity contribution in [2.75, 3.05) is 13.7 Å². The van der Waals surface area contributed by atoms with E-state index < -0.39 is 0 Å². The third-order valence-corrected chi connectivity index (χ3v) is 5.22. The number of aryl methyl sites for hydroxylation is 2. The summed E-state index contributed by atoms with van der Waals surface area (Å²) in [6.45, 7) is 7.80. The molecule has 0 radical (unpaired) electrons. The molecular formula is C23H29N5O2S. The summed E-state index contributed by atoms with van der Waals surface area (Å²) in [6.07, 6.45) is 2.73. The molecule has 3 rings (SSSR count). The summed E-state index contributed by atoms with van der Waals surface area (Å²) in [5.74, 6) is 8.32. The smallest absolute Gasteiger partial charge is 0.195 e. The van der Waals surface area contributed by atoms with Gasteiger partial charge in [0.25, 0.3) is 0 Å². The molecule has 0 fully saturated rings. The Bertz CT molecular complexity index is 1120. The molecule has 0 aliphatic heterocycles. The molecule has 2 heterocycles. The largest absolute Gasteiger partial charge is 0.497 e. The lowest BCUT2D eigenvalue weighted by atomic mass is 10.2. The van der Waals surface area contributed by atoms with Gasteiger partial charge in [-0.15, -0.1) is 11.8 Å². The maximum atomic E-state index is 6.16. The molecule has 8 heteroatoms. The van der Waals surface area contributed by atoms with Gasteiger partial charge in [0.1, 0.15) is 17.1 Å². The van der Waals surface area contributed by atoms with Crippen molar-refractivity contribution >= 4 is 12.2 Å². The molecule has 2 aromatic heterocycles. The van der Waals surface area contributed by atoms with Gasteiger partial charge in [-0.05, 0) is 50.2 Å². The van der Waals surface area contributed by atoms with Gasteiger partial charge >= 0.3 is 0 Å². The second-order valence-corrected chi connectivity index (χ2v) is 7.54. The van der Waals surface area contributed by atoms with Gasteiger partial charge in [0.05, 0.1) is 26.8 Å². The normalized spacial score (nSPS) is 10.6. The lowest BCUT2D eigenvalue weighted by Gasteiger charge is -2.12. The standard InChI is InChI=1S/C23H29N5O2S/c1-5-7-9-14-28-20(21(17(3)26-28)30-15-8-6-2)22-24-25-23(31)27(22)16-18-10-12-19(29-4)13-11-18/h10-13H,6,8-9,14-16H2,1-4H3,(H,25,31). The summed E-state index contributed by atoms with van der Waals surface area (Å²) < 4.78 is 15.9. The molecule has 0 saturated carbocycles. The molecule has 3 aromatic rings. The van der Waals surface area contributed by atoms with Crippen LogP contribution in [0.25, 0.3) is 11.5 Å². The number of ether oxygens (including phenoxy) is 2. The maximum Gasteiger partial charge on any atom is 0.195 e. The van der Waals surface area contributed by atoms with Crippen LogP contribution in [0.2, 0.25) is 0 Å². The Kier molecular flexibility index (Phi) is 7.90. The highest BCUT2D eigenvalue weighted by molar-refractivity contribution is 7.71. The average Bonchev–Trinajstić information content (AvgIpc) is 3.28. The number of hydrogen-bond donors (Lipinski definition) is 1. The van der Waals surface area contributed by atoms with Gasteiger partial charge in [0.2, 0.25) is 0 Å². The molecule has 1 N–H and O–H groups in total. The van der Waals surface area contributed by atoms with Gasteiger partial charge in [0.15, 0.2) is 16.3 Å². The van der Waals surface area contributed by atoms with Gasteiger partial charge in [-0.3, -0.25) is 14.3 Å². The van der Waals surface area contributed by atoms with E-state index in [2.05, 4.69) is 29.0 Å². The number of unbranched alkanes of at least 4 members (excludes halogenated alkanes) is 1. The highest BCUT2D eigenvalue weighted by atomic mass is 32.1. The number of hydrogen-bond acceptors (Lipinski definition) is 5. The van der Waals surface area contributed by atoms with E-state index >= 15 is 0 Å². The number of methoxy groups -OCH3 is 1. The molecule has 0 saturated heterocycles. The Morgan fingerprint density at radius 3 is 2.68 bits per heavy atom. The van der Waals surface area contributed by atoms with E-state index in [0.717, 1.165) is 41.3 Å². The van der Waals surface area contributed by atoms with Crippen LogP contribution >= 0.6 is 12.2 Å². The van der Waals surface area contributed by atoms with Crippen LogP contribution in [0.15, 0.2) is 24.3 Å². The minimum absolute atomic E-state index is 0.545. The molecule has 0 bridgehead atoms. The van der Waals surface area contributed by atoms with E-state index in [9.17, 15) is 0 Å². The fourth-order valence-corrected chi connectivity index (χ4v) is 3.48. The van der Waals surface area contributed by atoms with Crippen molar-refractivity contribution in [3.05, 3.63) is 40.3 Å². The lowest BCUT2D eigenvalue weighted by molar-refractivity contribution is 0.308. The van der Waals surface area contributed by atoms with Crippen molar-refractivity contribution in [3.8, 4) is 34.9 Å². The number of aromatic nitrogens is 5. The molecule has 0 spiro atoms. The molecule has 0 unspecified atom stereocenters.